The maximum Gasteiger partial charge on any atom is 0.269 e. The molecule has 2 aromatic rings. The molecule has 0 aliphatic rings. The van der Waals surface area contributed by atoms with Gasteiger partial charge in [0.15, 0.2) is 0 Å². The molecule has 0 bridgehead atoms. The Hall–Kier alpha value is -2.73. The third kappa shape index (κ3) is 4.12. The highest BCUT2D eigenvalue weighted by molar-refractivity contribution is 5.94. The third-order valence-corrected chi connectivity index (χ3v) is 2.92. The average molecular weight is 286 g/mol. The second-order valence-electron chi connectivity index (χ2n) is 4.50. The average Bonchev–Trinajstić information content (AvgIpc) is 2.48. The summed E-state index contributed by atoms with van der Waals surface area (Å²) in [6.45, 7) is 0. The number of nitro groups is 1. The maximum absolute atomic E-state index is 11.8. The third-order valence-electron chi connectivity index (χ3n) is 2.92. The number of aliphatic hydroxyl groups excluding tert-OH is 1. The summed E-state index contributed by atoms with van der Waals surface area (Å²) in [5, 5.41) is 22.9. The van der Waals surface area contributed by atoms with E-state index in [0.29, 0.717) is 5.69 Å². The fraction of sp³-hybridized carbons (Fsp3) is 0.133. The lowest BCUT2D eigenvalue weighted by atomic mass is 10.1. The smallest absolute Gasteiger partial charge is 0.269 e. The number of nitro benzene ring substituents is 1. The van der Waals surface area contributed by atoms with Crippen LogP contribution >= 0.6 is 0 Å². The molecule has 6 heteroatoms. The van der Waals surface area contributed by atoms with Crippen molar-refractivity contribution in [3.05, 3.63) is 70.3 Å². The van der Waals surface area contributed by atoms with Gasteiger partial charge < -0.3 is 10.4 Å². The zero-order valence-corrected chi connectivity index (χ0v) is 11.1. The predicted molar refractivity (Wildman–Crippen MR) is 77.9 cm³/mol. The van der Waals surface area contributed by atoms with Gasteiger partial charge in [0, 0.05) is 24.2 Å². The molecule has 0 aromatic heterocycles. The molecule has 2 N–H and O–H groups in total. The van der Waals surface area contributed by atoms with E-state index >= 15 is 0 Å². The van der Waals surface area contributed by atoms with Crippen LogP contribution in [0.3, 0.4) is 0 Å². The van der Waals surface area contributed by atoms with Crippen LogP contribution in [-0.2, 0) is 11.2 Å². The number of hydrogen-bond acceptors (Lipinski definition) is 4. The van der Waals surface area contributed by atoms with Gasteiger partial charge in [0.1, 0.15) is 6.10 Å². The molecule has 0 unspecified atom stereocenters. The molecule has 1 amide bonds. The summed E-state index contributed by atoms with van der Waals surface area (Å²) in [5.41, 5.74) is 1.19. The molecule has 0 aliphatic heterocycles. The summed E-state index contributed by atoms with van der Waals surface area (Å²) < 4.78 is 0. The summed E-state index contributed by atoms with van der Waals surface area (Å²) in [5.74, 6) is -0.548. The minimum atomic E-state index is -1.18. The van der Waals surface area contributed by atoms with Crippen LogP contribution in [0.25, 0.3) is 0 Å². The van der Waals surface area contributed by atoms with Gasteiger partial charge in [-0.3, -0.25) is 14.9 Å². The Morgan fingerprint density at radius 2 is 1.76 bits per heavy atom. The van der Waals surface area contributed by atoms with E-state index < -0.39 is 16.9 Å². The molecular formula is C15H14N2O4. The highest BCUT2D eigenvalue weighted by Crippen LogP contribution is 2.16. The molecule has 0 saturated carbocycles. The second kappa shape index (κ2) is 6.62. The summed E-state index contributed by atoms with van der Waals surface area (Å²) in [7, 11) is 0. The Labute approximate surface area is 121 Å². The number of nitrogens with one attached hydrogen (secondary N) is 1. The molecule has 0 heterocycles. The summed E-state index contributed by atoms with van der Waals surface area (Å²) in [6, 6.07) is 14.6. The molecule has 2 aromatic carbocycles. The highest BCUT2D eigenvalue weighted by atomic mass is 16.6. The van der Waals surface area contributed by atoms with E-state index in [1.807, 2.05) is 30.3 Å². The van der Waals surface area contributed by atoms with Gasteiger partial charge in [-0.05, 0) is 17.7 Å². The van der Waals surface area contributed by atoms with Crippen molar-refractivity contribution in [3.63, 3.8) is 0 Å². The van der Waals surface area contributed by atoms with Crippen LogP contribution < -0.4 is 5.32 Å². The normalized spacial score (nSPS) is 11.7. The first-order chi connectivity index (χ1) is 10.1. The van der Waals surface area contributed by atoms with Gasteiger partial charge in [-0.2, -0.15) is 0 Å². The molecule has 108 valence electrons. The molecule has 0 radical (unpaired) electrons. The van der Waals surface area contributed by atoms with Crippen LogP contribution in [0, 0.1) is 10.1 Å². The molecule has 0 fully saturated rings. The van der Waals surface area contributed by atoms with Crippen molar-refractivity contribution in [2.45, 2.75) is 12.5 Å². The van der Waals surface area contributed by atoms with Crippen LogP contribution in [0.2, 0.25) is 0 Å². The highest BCUT2D eigenvalue weighted by Gasteiger charge is 2.16. The van der Waals surface area contributed by atoms with Crippen LogP contribution in [0.15, 0.2) is 54.6 Å². The van der Waals surface area contributed by atoms with Gasteiger partial charge >= 0.3 is 0 Å². The quantitative estimate of drug-likeness (QED) is 0.650. The van der Waals surface area contributed by atoms with Gasteiger partial charge in [-0.25, -0.2) is 0 Å². The van der Waals surface area contributed by atoms with Crippen molar-refractivity contribution >= 4 is 17.3 Å². The van der Waals surface area contributed by atoms with E-state index in [2.05, 4.69) is 5.32 Å². The van der Waals surface area contributed by atoms with Crippen molar-refractivity contribution in [2.24, 2.45) is 0 Å². The number of amides is 1. The first-order valence-electron chi connectivity index (χ1n) is 6.33. The number of carbonyl (C=O) groups excluding carboxylic acids is 1. The van der Waals surface area contributed by atoms with Crippen LogP contribution in [0.4, 0.5) is 11.4 Å². The van der Waals surface area contributed by atoms with Crippen molar-refractivity contribution in [1.29, 1.82) is 0 Å². The molecule has 21 heavy (non-hydrogen) atoms. The zero-order chi connectivity index (χ0) is 15.2. The fourth-order valence-corrected chi connectivity index (χ4v) is 1.82. The summed E-state index contributed by atoms with van der Waals surface area (Å²) >= 11 is 0. The van der Waals surface area contributed by atoms with E-state index in [9.17, 15) is 20.0 Å². The monoisotopic (exact) mass is 286 g/mol. The van der Waals surface area contributed by atoms with E-state index in [4.69, 9.17) is 0 Å². The second-order valence-corrected chi connectivity index (χ2v) is 4.50. The lowest BCUT2D eigenvalue weighted by molar-refractivity contribution is -0.384. The Bertz CT molecular complexity index is 626. The number of hydrogen-bond donors (Lipinski definition) is 2. The van der Waals surface area contributed by atoms with E-state index in [1.54, 1.807) is 0 Å². The first-order valence-corrected chi connectivity index (χ1v) is 6.33. The van der Waals surface area contributed by atoms with Crippen LogP contribution in [-0.4, -0.2) is 22.0 Å². The van der Waals surface area contributed by atoms with Gasteiger partial charge in [-0.15, -0.1) is 0 Å². The van der Waals surface area contributed by atoms with Crippen molar-refractivity contribution in [3.8, 4) is 0 Å². The molecule has 0 saturated heterocycles. The molecule has 6 nitrogen and oxygen atoms in total. The largest absolute Gasteiger partial charge is 0.383 e. The molecular weight excluding hydrogens is 272 g/mol. The number of nitrogens with zero attached hydrogens (tertiary/aromatic N) is 1. The SMILES string of the molecule is O=C(Nc1ccc([N+](=O)[O-])cc1)[C@H](O)Cc1ccccc1. The predicted octanol–water partition coefficient (Wildman–Crippen LogP) is 2.14. The summed E-state index contributed by atoms with van der Waals surface area (Å²) in [4.78, 5) is 21.8. The van der Waals surface area contributed by atoms with Gasteiger partial charge in [-0.1, -0.05) is 30.3 Å². The van der Waals surface area contributed by atoms with Crippen molar-refractivity contribution in [2.75, 3.05) is 5.32 Å². The maximum atomic E-state index is 11.8. The van der Waals surface area contributed by atoms with Gasteiger partial charge in [0.2, 0.25) is 0 Å². The number of carbonyl (C=O) groups is 1. The number of non-ortho nitro benzene ring substituents is 1. The van der Waals surface area contributed by atoms with Crippen molar-refractivity contribution < 1.29 is 14.8 Å². The lowest BCUT2D eigenvalue weighted by Gasteiger charge is -2.11. The Kier molecular flexibility index (Phi) is 4.63. The zero-order valence-electron chi connectivity index (χ0n) is 11.1. The molecule has 0 aliphatic carbocycles. The first kappa shape index (κ1) is 14.7. The van der Waals surface area contributed by atoms with E-state index in [1.165, 1.54) is 24.3 Å². The minimum Gasteiger partial charge on any atom is -0.383 e. The molecule has 0 spiro atoms. The summed E-state index contributed by atoms with van der Waals surface area (Å²) in [6.07, 6.45) is -0.970. The Balaban J connectivity index is 1.95. The van der Waals surface area contributed by atoms with Gasteiger partial charge in [0.25, 0.3) is 11.6 Å². The standard InChI is InChI=1S/C15H14N2O4/c18-14(10-11-4-2-1-3-5-11)15(19)16-12-6-8-13(9-7-12)17(20)21/h1-9,14,18H,10H2,(H,16,19)/t14-/m1/s1. The topological polar surface area (TPSA) is 92.5 Å². The lowest BCUT2D eigenvalue weighted by Crippen LogP contribution is -2.29. The number of benzene rings is 2. The number of rotatable bonds is 5. The Morgan fingerprint density at radius 3 is 2.33 bits per heavy atom. The van der Waals surface area contributed by atoms with Crippen LogP contribution in [0.5, 0.6) is 0 Å². The number of aliphatic hydroxyl groups is 1. The minimum absolute atomic E-state index is 0.0576. The van der Waals surface area contributed by atoms with E-state index in [-0.39, 0.29) is 12.1 Å². The van der Waals surface area contributed by atoms with E-state index in [0.717, 1.165) is 5.56 Å². The molecule has 1 atom stereocenters. The van der Waals surface area contributed by atoms with Crippen molar-refractivity contribution in [1.82, 2.24) is 0 Å². The fourth-order valence-electron chi connectivity index (χ4n) is 1.82. The van der Waals surface area contributed by atoms with Gasteiger partial charge in [0.05, 0.1) is 4.92 Å². The Morgan fingerprint density at radius 1 is 1.14 bits per heavy atom. The van der Waals surface area contributed by atoms with Crippen LogP contribution in [0.1, 0.15) is 5.56 Å². The molecule has 2 rings (SSSR count). The number of anilines is 1.